The van der Waals surface area contributed by atoms with Gasteiger partial charge in [0.1, 0.15) is 5.58 Å². The zero-order chi connectivity index (χ0) is 23.8. The molecule has 0 aliphatic carbocycles. The van der Waals surface area contributed by atoms with Gasteiger partial charge in [-0.25, -0.2) is 13.2 Å². The number of carbonyl (C=O) groups excluding carboxylic acids is 1. The third kappa shape index (κ3) is 5.03. The van der Waals surface area contributed by atoms with E-state index in [-0.39, 0.29) is 21.2 Å². The lowest BCUT2D eigenvalue weighted by Gasteiger charge is -2.14. The van der Waals surface area contributed by atoms with E-state index < -0.39 is 21.6 Å². The van der Waals surface area contributed by atoms with Crippen molar-refractivity contribution in [3.8, 4) is 0 Å². The molecule has 0 bridgehead atoms. The molecular formula is C23H16Cl2N2O5S. The standard InChI is InChI=1S/C23H16Cl2N2O5S/c1-13-10-22(28)32-21-12-16(5-8-18(13)21)26-23(29)19-11-15(25)4-9-20(19)27-33(30,31)17-6-2-14(24)3-7-17/h2-12,27H,1H3,(H,26,29). The van der Waals surface area contributed by atoms with E-state index in [1.165, 1.54) is 54.6 Å². The monoisotopic (exact) mass is 502 g/mol. The molecule has 7 nitrogen and oxygen atoms in total. The number of nitrogens with one attached hydrogen (secondary N) is 2. The number of halogens is 2. The van der Waals surface area contributed by atoms with Gasteiger partial charge in [-0.1, -0.05) is 23.2 Å². The van der Waals surface area contributed by atoms with E-state index in [0.29, 0.717) is 16.3 Å². The van der Waals surface area contributed by atoms with E-state index in [1.807, 2.05) is 0 Å². The molecule has 10 heteroatoms. The summed E-state index contributed by atoms with van der Waals surface area (Å²) in [6, 6.07) is 16.1. The number of sulfonamides is 1. The second-order valence-corrected chi connectivity index (χ2v) is 9.72. The van der Waals surface area contributed by atoms with Crippen LogP contribution in [0.4, 0.5) is 11.4 Å². The number of rotatable bonds is 5. The molecule has 2 N–H and O–H groups in total. The molecule has 0 atom stereocenters. The predicted molar refractivity (Wildman–Crippen MR) is 129 cm³/mol. The molecule has 4 aromatic rings. The molecule has 0 unspecified atom stereocenters. The minimum Gasteiger partial charge on any atom is -0.423 e. The number of carbonyl (C=O) groups is 1. The Bertz CT molecular complexity index is 1550. The molecule has 3 aromatic carbocycles. The van der Waals surface area contributed by atoms with Gasteiger partial charge in [-0.3, -0.25) is 9.52 Å². The van der Waals surface area contributed by atoms with Gasteiger partial charge in [0.2, 0.25) is 0 Å². The van der Waals surface area contributed by atoms with E-state index >= 15 is 0 Å². The molecular weight excluding hydrogens is 487 g/mol. The van der Waals surface area contributed by atoms with Gasteiger partial charge in [-0.05, 0) is 67.1 Å². The molecule has 168 valence electrons. The summed E-state index contributed by atoms with van der Waals surface area (Å²) >= 11 is 11.9. The summed E-state index contributed by atoms with van der Waals surface area (Å²) in [6.07, 6.45) is 0. The minimum atomic E-state index is -3.99. The fourth-order valence-electron chi connectivity index (χ4n) is 3.21. The Kier molecular flexibility index (Phi) is 6.16. The highest BCUT2D eigenvalue weighted by Crippen LogP contribution is 2.26. The van der Waals surface area contributed by atoms with E-state index in [1.54, 1.807) is 19.1 Å². The van der Waals surface area contributed by atoms with Gasteiger partial charge >= 0.3 is 5.63 Å². The number of fused-ring (bicyclic) bond motifs is 1. The summed E-state index contributed by atoms with van der Waals surface area (Å²) < 4.78 is 33.2. The van der Waals surface area contributed by atoms with Gasteiger partial charge in [0.25, 0.3) is 15.9 Å². The van der Waals surface area contributed by atoms with Crippen LogP contribution in [-0.2, 0) is 10.0 Å². The molecule has 0 spiro atoms. The Morgan fingerprint density at radius 1 is 0.909 bits per heavy atom. The summed E-state index contributed by atoms with van der Waals surface area (Å²) in [4.78, 5) is 24.7. The van der Waals surface area contributed by atoms with Crippen LogP contribution in [0.15, 0.2) is 80.8 Å². The van der Waals surface area contributed by atoms with Crippen molar-refractivity contribution in [2.45, 2.75) is 11.8 Å². The first-order valence-corrected chi connectivity index (χ1v) is 11.8. The van der Waals surface area contributed by atoms with Crippen LogP contribution in [0.3, 0.4) is 0 Å². The van der Waals surface area contributed by atoms with Crippen LogP contribution in [0.2, 0.25) is 10.0 Å². The number of hydrogen-bond acceptors (Lipinski definition) is 5. The minimum absolute atomic E-state index is 0.00540. The highest BCUT2D eigenvalue weighted by molar-refractivity contribution is 7.92. The predicted octanol–water partition coefficient (Wildman–Crippen LogP) is 5.46. The lowest BCUT2D eigenvalue weighted by molar-refractivity contribution is 0.102. The maximum absolute atomic E-state index is 13.0. The van der Waals surface area contributed by atoms with E-state index in [2.05, 4.69) is 10.0 Å². The average molecular weight is 503 g/mol. The number of benzene rings is 3. The first-order chi connectivity index (χ1) is 15.6. The largest absolute Gasteiger partial charge is 0.423 e. The normalized spacial score (nSPS) is 11.4. The van der Waals surface area contributed by atoms with Crippen LogP contribution >= 0.6 is 23.2 Å². The van der Waals surface area contributed by atoms with Gasteiger partial charge in [-0.15, -0.1) is 0 Å². The fraction of sp³-hybridized carbons (Fsp3) is 0.0435. The highest BCUT2D eigenvalue weighted by atomic mass is 35.5. The van der Waals surface area contributed by atoms with Gasteiger partial charge in [0.15, 0.2) is 0 Å². The van der Waals surface area contributed by atoms with Crippen LogP contribution < -0.4 is 15.7 Å². The second kappa shape index (κ2) is 8.90. The van der Waals surface area contributed by atoms with Crippen LogP contribution in [0.5, 0.6) is 0 Å². The second-order valence-electron chi connectivity index (χ2n) is 7.16. The van der Waals surface area contributed by atoms with Crippen molar-refractivity contribution in [2.75, 3.05) is 10.0 Å². The summed E-state index contributed by atoms with van der Waals surface area (Å²) in [7, 11) is -3.99. The Balaban J connectivity index is 1.66. The van der Waals surface area contributed by atoms with Gasteiger partial charge in [0.05, 0.1) is 16.1 Å². The number of aryl methyl sites for hydroxylation is 1. The zero-order valence-electron chi connectivity index (χ0n) is 17.1. The lowest BCUT2D eigenvalue weighted by atomic mass is 10.1. The first-order valence-electron chi connectivity index (χ1n) is 9.56. The summed E-state index contributed by atoms with van der Waals surface area (Å²) in [5.41, 5.74) is 0.950. The van der Waals surface area contributed by atoms with Crippen LogP contribution in [0, 0.1) is 6.92 Å². The van der Waals surface area contributed by atoms with Crippen molar-refractivity contribution < 1.29 is 17.6 Å². The van der Waals surface area contributed by atoms with Gasteiger partial charge in [0, 0.05) is 33.3 Å². The Hall–Kier alpha value is -3.33. The maximum Gasteiger partial charge on any atom is 0.336 e. The highest BCUT2D eigenvalue weighted by Gasteiger charge is 2.20. The SMILES string of the molecule is Cc1cc(=O)oc2cc(NC(=O)c3cc(Cl)ccc3NS(=O)(=O)c3ccc(Cl)cc3)ccc12. The Morgan fingerprint density at radius 2 is 1.61 bits per heavy atom. The van der Waals surface area contributed by atoms with Crippen molar-refractivity contribution >= 4 is 61.5 Å². The molecule has 1 heterocycles. The molecule has 0 radical (unpaired) electrons. The molecule has 1 aromatic heterocycles. The summed E-state index contributed by atoms with van der Waals surface area (Å²) in [6.45, 7) is 1.78. The van der Waals surface area contributed by atoms with Crippen molar-refractivity contribution in [3.05, 3.63) is 98.3 Å². The van der Waals surface area contributed by atoms with E-state index in [9.17, 15) is 18.0 Å². The number of anilines is 2. The first kappa shape index (κ1) is 22.8. The van der Waals surface area contributed by atoms with Crippen molar-refractivity contribution in [1.29, 1.82) is 0 Å². The third-order valence-corrected chi connectivity index (χ3v) is 6.67. The molecule has 1 amide bonds. The van der Waals surface area contributed by atoms with E-state index in [0.717, 1.165) is 10.9 Å². The van der Waals surface area contributed by atoms with Gasteiger partial charge in [-0.2, -0.15) is 0 Å². The van der Waals surface area contributed by atoms with Crippen LogP contribution in [0.25, 0.3) is 11.0 Å². The number of amides is 1. The van der Waals surface area contributed by atoms with Crippen LogP contribution in [-0.4, -0.2) is 14.3 Å². The summed E-state index contributed by atoms with van der Waals surface area (Å²) in [5.74, 6) is -0.611. The molecule has 4 rings (SSSR count). The van der Waals surface area contributed by atoms with Crippen LogP contribution in [0.1, 0.15) is 15.9 Å². The maximum atomic E-state index is 13.0. The van der Waals surface area contributed by atoms with E-state index in [4.69, 9.17) is 27.6 Å². The molecule has 0 fully saturated rings. The quantitative estimate of drug-likeness (QED) is 0.352. The van der Waals surface area contributed by atoms with Gasteiger partial charge < -0.3 is 9.73 Å². The Morgan fingerprint density at radius 3 is 2.33 bits per heavy atom. The third-order valence-electron chi connectivity index (χ3n) is 4.80. The Labute approximate surface area is 199 Å². The molecule has 33 heavy (non-hydrogen) atoms. The molecule has 0 aliphatic heterocycles. The average Bonchev–Trinajstić information content (AvgIpc) is 2.74. The smallest absolute Gasteiger partial charge is 0.336 e. The van der Waals surface area contributed by atoms with Crippen molar-refractivity contribution in [2.24, 2.45) is 0 Å². The summed E-state index contributed by atoms with van der Waals surface area (Å²) in [5, 5.41) is 4.04. The zero-order valence-corrected chi connectivity index (χ0v) is 19.4. The topological polar surface area (TPSA) is 105 Å². The molecule has 0 saturated heterocycles. The lowest BCUT2D eigenvalue weighted by Crippen LogP contribution is -2.18. The molecule has 0 saturated carbocycles. The van der Waals surface area contributed by atoms with Crippen molar-refractivity contribution in [1.82, 2.24) is 0 Å². The fourth-order valence-corrected chi connectivity index (χ4v) is 4.59. The van der Waals surface area contributed by atoms with Crippen molar-refractivity contribution in [3.63, 3.8) is 0 Å². The molecule has 0 aliphatic rings. The number of hydrogen-bond donors (Lipinski definition) is 2.